The van der Waals surface area contributed by atoms with Gasteiger partial charge in [-0.2, -0.15) is 18.3 Å². The molecule has 0 saturated carbocycles. The first kappa shape index (κ1) is 14.5. The van der Waals surface area contributed by atoms with Crippen LogP contribution in [0.2, 0.25) is 0 Å². The number of alkyl halides is 3. The van der Waals surface area contributed by atoms with Crippen LogP contribution in [0.15, 0.2) is 23.3 Å². The maximum absolute atomic E-state index is 12.8. The summed E-state index contributed by atoms with van der Waals surface area (Å²) in [6.07, 6.45) is -1.94. The molecule has 2 aromatic rings. The molecule has 2 N–H and O–H groups in total. The molecule has 0 amide bonds. The van der Waals surface area contributed by atoms with E-state index in [0.717, 1.165) is 4.57 Å². The third kappa shape index (κ3) is 2.67. The van der Waals surface area contributed by atoms with Crippen LogP contribution in [0.25, 0.3) is 5.52 Å². The number of aromatic nitrogens is 3. The molecule has 0 saturated heterocycles. The van der Waals surface area contributed by atoms with E-state index < -0.39 is 29.2 Å². The first-order valence-electron chi connectivity index (χ1n) is 5.61. The Morgan fingerprint density at radius 3 is 2.70 bits per heavy atom. The maximum atomic E-state index is 12.8. The summed E-state index contributed by atoms with van der Waals surface area (Å²) in [6.45, 7) is 1.04. The highest BCUT2D eigenvalue weighted by atomic mass is 32.1. The Morgan fingerprint density at radius 1 is 1.50 bits per heavy atom. The van der Waals surface area contributed by atoms with Crippen molar-refractivity contribution in [1.82, 2.24) is 14.2 Å². The number of halogens is 3. The molecule has 0 aliphatic rings. The highest BCUT2D eigenvalue weighted by molar-refractivity contribution is 7.80. The van der Waals surface area contributed by atoms with Gasteiger partial charge in [0, 0.05) is 18.9 Å². The van der Waals surface area contributed by atoms with Gasteiger partial charge < -0.3 is 10.3 Å². The lowest BCUT2D eigenvalue weighted by Gasteiger charge is -2.19. The SMILES string of the molecule is Cc1cc2c(=O)n(CC(C(N)=S)C(F)(F)F)ccn2n1. The van der Waals surface area contributed by atoms with Crippen LogP contribution < -0.4 is 11.3 Å². The van der Waals surface area contributed by atoms with Crippen molar-refractivity contribution in [2.75, 3.05) is 0 Å². The molecule has 20 heavy (non-hydrogen) atoms. The highest BCUT2D eigenvalue weighted by Crippen LogP contribution is 2.27. The highest BCUT2D eigenvalue weighted by Gasteiger charge is 2.42. The zero-order chi connectivity index (χ0) is 15.1. The molecule has 2 aromatic heterocycles. The molecule has 108 valence electrons. The molecule has 0 radical (unpaired) electrons. The van der Waals surface area contributed by atoms with E-state index in [1.807, 2.05) is 0 Å². The molecule has 0 aliphatic heterocycles. The van der Waals surface area contributed by atoms with E-state index in [4.69, 9.17) is 5.73 Å². The molecule has 0 fully saturated rings. The summed E-state index contributed by atoms with van der Waals surface area (Å²) in [4.78, 5) is 11.4. The quantitative estimate of drug-likeness (QED) is 0.867. The number of aryl methyl sites for hydroxylation is 1. The van der Waals surface area contributed by atoms with E-state index in [1.54, 1.807) is 6.92 Å². The fourth-order valence-corrected chi connectivity index (χ4v) is 2.05. The Balaban J connectivity index is 2.45. The van der Waals surface area contributed by atoms with Gasteiger partial charge in [0.05, 0.1) is 10.7 Å². The lowest BCUT2D eigenvalue weighted by atomic mass is 10.1. The minimum absolute atomic E-state index is 0.203. The van der Waals surface area contributed by atoms with Crippen molar-refractivity contribution in [2.24, 2.45) is 11.7 Å². The van der Waals surface area contributed by atoms with E-state index >= 15 is 0 Å². The lowest BCUT2D eigenvalue weighted by Crippen LogP contribution is -2.40. The van der Waals surface area contributed by atoms with Gasteiger partial charge in [-0.1, -0.05) is 12.2 Å². The van der Waals surface area contributed by atoms with Crippen LogP contribution in [-0.2, 0) is 6.54 Å². The lowest BCUT2D eigenvalue weighted by molar-refractivity contribution is -0.158. The Kier molecular flexibility index (Phi) is 3.55. The molecule has 9 heteroatoms. The van der Waals surface area contributed by atoms with Gasteiger partial charge in [-0.15, -0.1) is 0 Å². The molecule has 0 aliphatic carbocycles. The van der Waals surface area contributed by atoms with Gasteiger partial charge in [0.2, 0.25) is 0 Å². The number of hydrogen-bond acceptors (Lipinski definition) is 3. The van der Waals surface area contributed by atoms with Crippen molar-refractivity contribution < 1.29 is 13.2 Å². The van der Waals surface area contributed by atoms with Gasteiger partial charge in [0.25, 0.3) is 5.56 Å². The molecule has 1 unspecified atom stereocenters. The van der Waals surface area contributed by atoms with Gasteiger partial charge in [0.15, 0.2) is 0 Å². The van der Waals surface area contributed by atoms with Crippen molar-refractivity contribution in [2.45, 2.75) is 19.6 Å². The minimum atomic E-state index is -4.59. The summed E-state index contributed by atoms with van der Waals surface area (Å²) in [5.74, 6) is -2.04. The van der Waals surface area contributed by atoms with Crippen molar-refractivity contribution in [3.63, 3.8) is 0 Å². The smallest absolute Gasteiger partial charge is 0.393 e. The summed E-state index contributed by atoms with van der Waals surface area (Å²) >= 11 is 4.43. The standard InChI is InChI=1S/C11H11F3N4OS/c1-6-4-8-10(19)17(2-3-18(8)16-6)5-7(9(15)20)11(12,13)14/h2-4,7H,5H2,1H3,(H2,15,20). The molecular formula is C11H11F3N4OS. The van der Waals surface area contributed by atoms with Crippen molar-refractivity contribution in [1.29, 1.82) is 0 Å². The number of rotatable bonds is 3. The predicted molar refractivity (Wildman–Crippen MR) is 70.5 cm³/mol. The largest absolute Gasteiger partial charge is 0.399 e. The van der Waals surface area contributed by atoms with Gasteiger partial charge in [-0.05, 0) is 13.0 Å². The molecule has 5 nitrogen and oxygen atoms in total. The van der Waals surface area contributed by atoms with E-state index in [1.165, 1.54) is 23.0 Å². The second kappa shape index (κ2) is 4.89. The van der Waals surface area contributed by atoms with Crippen molar-refractivity contribution in [3.8, 4) is 0 Å². The van der Waals surface area contributed by atoms with Crippen LogP contribution in [0.1, 0.15) is 5.69 Å². The van der Waals surface area contributed by atoms with Crippen LogP contribution in [0.4, 0.5) is 13.2 Å². The Bertz CT molecular complexity index is 719. The van der Waals surface area contributed by atoms with E-state index in [9.17, 15) is 18.0 Å². The molecule has 0 bridgehead atoms. The van der Waals surface area contributed by atoms with Gasteiger partial charge >= 0.3 is 6.18 Å². The van der Waals surface area contributed by atoms with Crippen LogP contribution >= 0.6 is 12.2 Å². The molecule has 2 heterocycles. The van der Waals surface area contributed by atoms with Crippen LogP contribution in [0, 0.1) is 12.8 Å². The van der Waals surface area contributed by atoms with Crippen LogP contribution in [0.3, 0.4) is 0 Å². The first-order chi connectivity index (χ1) is 9.20. The summed E-state index contributed by atoms with van der Waals surface area (Å²) in [5.41, 5.74) is 5.35. The second-order valence-electron chi connectivity index (χ2n) is 4.37. The average Bonchev–Trinajstić information content (AvgIpc) is 2.67. The van der Waals surface area contributed by atoms with Crippen molar-refractivity contribution in [3.05, 3.63) is 34.5 Å². The monoisotopic (exact) mass is 304 g/mol. The zero-order valence-electron chi connectivity index (χ0n) is 10.4. The second-order valence-corrected chi connectivity index (χ2v) is 4.84. The van der Waals surface area contributed by atoms with E-state index in [2.05, 4.69) is 17.3 Å². The van der Waals surface area contributed by atoms with Gasteiger partial charge in [-0.25, -0.2) is 4.52 Å². The molecular weight excluding hydrogens is 293 g/mol. The molecule has 0 spiro atoms. The van der Waals surface area contributed by atoms with Crippen LogP contribution in [0.5, 0.6) is 0 Å². The topological polar surface area (TPSA) is 65.3 Å². The first-order valence-corrected chi connectivity index (χ1v) is 6.02. The summed E-state index contributed by atoms with van der Waals surface area (Å²) < 4.78 is 40.7. The summed E-state index contributed by atoms with van der Waals surface area (Å²) in [6, 6.07) is 1.50. The molecule has 1 atom stereocenters. The fraction of sp³-hybridized carbons (Fsp3) is 0.364. The molecule has 2 rings (SSSR count). The third-order valence-electron chi connectivity index (χ3n) is 2.84. The van der Waals surface area contributed by atoms with Crippen molar-refractivity contribution >= 4 is 22.7 Å². The molecule has 0 aromatic carbocycles. The Morgan fingerprint density at radius 2 is 2.15 bits per heavy atom. The predicted octanol–water partition coefficient (Wildman–Crippen LogP) is 1.27. The van der Waals surface area contributed by atoms with E-state index in [0.29, 0.717) is 5.69 Å². The van der Waals surface area contributed by atoms with Gasteiger partial charge in [-0.3, -0.25) is 4.79 Å². The number of hydrogen-bond donors (Lipinski definition) is 1. The maximum Gasteiger partial charge on any atom is 0.399 e. The third-order valence-corrected chi connectivity index (χ3v) is 3.13. The number of nitrogens with two attached hydrogens (primary N) is 1. The normalized spacial score (nSPS) is 13.6. The number of fused-ring (bicyclic) bond motifs is 1. The minimum Gasteiger partial charge on any atom is -0.393 e. The summed E-state index contributed by atoms with van der Waals surface area (Å²) in [5, 5.41) is 4.01. The van der Waals surface area contributed by atoms with Crippen LogP contribution in [-0.4, -0.2) is 25.3 Å². The number of nitrogens with zero attached hydrogens (tertiary/aromatic N) is 3. The Labute approximate surface area is 116 Å². The Hall–Kier alpha value is -1.90. The number of thiocarbonyl (C=S) groups is 1. The average molecular weight is 304 g/mol. The zero-order valence-corrected chi connectivity index (χ0v) is 11.2. The van der Waals surface area contributed by atoms with E-state index in [-0.39, 0.29) is 5.52 Å². The summed E-state index contributed by atoms with van der Waals surface area (Å²) in [7, 11) is 0. The fourth-order valence-electron chi connectivity index (χ4n) is 1.84. The van der Waals surface area contributed by atoms with Gasteiger partial charge in [0.1, 0.15) is 11.4 Å².